The number of aromatic nitrogens is 2. The van der Waals surface area contributed by atoms with Gasteiger partial charge in [-0.15, -0.1) is 0 Å². The van der Waals surface area contributed by atoms with Gasteiger partial charge in [0.05, 0.1) is 12.9 Å². The highest BCUT2D eigenvalue weighted by molar-refractivity contribution is 7.92. The molecule has 0 radical (unpaired) electrons. The lowest BCUT2D eigenvalue weighted by molar-refractivity contribution is 0.313. The van der Waals surface area contributed by atoms with Crippen molar-refractivity contribution >= 4 is 15.7 Å². The van der Waals surface area contributed by atoms with Crippen molar-refractivity contribution in [2.24, 2.45) is 0 Å². The molecule has 1 aliphatic heterocycles. The lowest BCUT2D eigenvalue weighted by Crippen LogP contribution is -2.38. The predicted molar refractivity (Wildman–Crippen MR) is 83.7 cm³/mol. The van der Waals surface area contributed by atoms with E-state index in [1.54, 1.807) is 10.6 Å². The van der Waals surface area contributed by atoms with E-state index in [-0.39, 0.29) is 35.7 Å². The fraction of sp³-hybridized carbons (Fsp3) is 0.400. The molecule has 0 aliphatic carbocycles. The molecular formula is C15H18FN3O3S. The van der Waals surface area contributed by atoms with Gasteiger partial charge in [-0.05, 0) is 25.5 Å². The van der Waals surface area contributed by atoms with Gasteiger partial charge >= 0.3 is 0 Å². The monoisotopic (exact) mass is 339 g/mol. The third-order valence-electron chi connectivity index (χ3n) is 3.98. The number of anilines is 1. The molecule has 6 nitrogen and oxygen atoms in total. The predicted octanol–water partition coefficient (Wildman–Crippen LogP) is 2.58. The zero-order chi connectivity index (χ0) is 16.6. The fourth-order valence-corrected chi connectivity index (χ4v) is 3.85. The SMILES string of the molecule is CCC(C)n1cnc(S(=O)(=O)N2CCOc3cccc(F)c32)c1. The highest BCUT2D eigenvalue weighted by Crippen LogP contribution is 2.37. The van der Waals surface area contributed by atoms with Crippen LogP contribution in [0, 0.1) is 5.82 Å². The van der Waals surface area contributed by atoms with Crippen LogP contribution in [0.25, 0.3) is 0 Å². The molecule has 0 amide bonds. The van der Waals surface area contributed by atoms with E-state index in [9.17, 15) is 12.8 Å². The van der Waals surface area contributed by atoms with Crippen molar-refractivity contribution in [1.29, 1.82) is 0 Å². The maximum absolute atomic E-state index is 14.1. The van der Waals surface area contributed by atoms with Crippen LogP contribution in [-0.2, 0) is 10.0 Å². The zero-order valence-electron chi connectivity index (χ0n) is 12.9. The van der Waals surface area contributed by atoms with Crippen LogP contribution in [0.2, 0.25) is 0 Å². The third kappa shape index (κ3) is 2.67. The number of para-hydroxylation sites is 1. The molecule has 0 saturated carbocycles. The molecule has 0 fully saturated rings. The Hall–Kier alpha value is -2.09. The molecule has 1 aliphatic rings. The van der Waals surface area contributed by atoms with E-state index >= 15 is 0 Å². The summed E-state index contributed by atoms with van der Waals surface area (Å²) >= 11 is 0. The smallest absolute Gasteiger partial charge is 0.283 e. The summed E-state index contributed by atoms with van der Waals surface area (Å²) in [6.07, 6.45) is 3.83. The summed E-state index contributed by atoms with van der Waals surface area (Å²) in [6, 6.07) is 4.40. The first-order valence-electron chi connectivity index (χ1n) is 7.42. The number of rotatable bonds is 4. The molecule has 8 heteroatoms. The average molecular weight is 339 g/mol. The normalized spacial score (nSPS) is 15.9. The van der Waals surface area contributed by atoms with E-state index in [1.807, 2.05) is 13.8 Å². The highest BCUT2D eigenvalue weighted by atomic mass is 32.2. The molecule has 2 aromatic rings. The number of sulfonamides is 1. The fourth-order valence-electron chi connectivity index (χ4n) is 2.46. The summed E-state index contributed by atoms with van der Waals surface area (Å²) in [5, 5.41) is -0.0890. The Balaban J connectivity index is 2.04. The van der Waals surface area contributed by atoms with E-state index in [0.29, 0.717) is 0 Å². The van der Waals surface area contributed by atoms with Crippen LogP contribution in [0.5, 0.6) is 5.75 Å². The van der Waals surface area contributed by atoms with Crippen LogP contribution >= 0.6 is 0 Å². The van der Waals surface area contributed by atoms with Crippen molar-refractivity contribution in [2.75, 3.05) is 17.5 Å². The van der Waals surface area contributed by atoms with Gasteiger partial charge in [0, 0.05) is 12.2 Å². The minimum atomic E-state index is -3.94. The standard InChI is InChI=1S/C15H18FN3O3S/c1-3-11(2)18-9-14(17-10-18)23(20,21)19-7-8-22-13-6-4-5-12(16)15(13)19/h4-6,9-11H,3,7-8H2,1-2H3. The van der Waals surface area contributed by atoms with Crippen LogP contribution in [0.4, 0.5) is 10.1 Å². The molecule has 1 aromatic heterocycles. The minimum absolute atomic E-state index is 0.0481. The molecular weight excluding hydrogens is 321 g/mol. The van der Waals surface area contributed by atoms with Crippen LogP contribution in [0.1, 0.15) is 26.3 Å². The number of fused-ring (bicyclic) bond motifs is 1. The molecule has 2 heterocycles. The lowest BCUT2D eigenvalue weighted by Gasteiger charge is -2.29. The molecule has 1 aromatic carbocycles. The largest absolute Gasteiger partial charge is 0.489 e. The number of hydrogen-bond donors (Lipinski definition) is 0. The number of ether oxygens (including phenoxy) is 1. The summed E-state index contributed by atoms with van der Waals surface area (Å²) in [7, 11) is -3.94. The van der Waals surface area contributed by atoms with Crippen LogP contribution < -0.4 is 9.04 Å². The van der Waals surface area contributed by atoms with Crippen molar-refractivity contribution in [2.45, 2.75) is 31.3 Å². The second-order valence-electron chi connectivity index (χ2n) is 5.43. The van der Waals surface area contributed by atoms with Crippen molar-refractivity contribution in [3.8, 4) is 5.75 Å². The average Bonchev–Trinajstić information content (AvgIpc) is 3.04. The topological polar surface area (TPSA) is 64.4 Å². The number of benzene rings is 1. The van der Waals surface area contributed by atoms with Crippen molar-refractivity contribution < 1.29 is 17.5 Å². The number of halogens is 1. The van der Waals surface area contributed by atoms with Gasteiger partial charge in [-0.25, -0.2) is 9.37 Å². The van der Waals surface area contributed by atoms with Gasteiger partial charge in [0.1, 0.15) is 18.0 Å². The number of hydrogen-bond acceptors (Lipinski definition) is 4. The Kier molecular flexibility index (Phi) is 4.01. The second-order valence-corrected chi connectivity index (χ2v) is 7.24. The van der Waals surface area contributed by atoms with Crippen molar-refractivity contribution in [1.82, 2.24) is 9.55 Å². The van der Waals surface area contributed by atoms with Crippen LogP contribution in [-0.4, -0.2) is 31.1 Å². The molecule has 1 unspecified atom stereocenters. The van der Waals surface area contributed by atoms with E-state index in [2.05, 4.69) is 4.98 Å². The third-order valence-corrected chi connectivity index (χ3v) is 5.67. The van der Waals surface area contributed by atoms with Gasteiger partial charge in [-0.3, -0.25) is 4.31 Å². The van der Waals surface area contributed by atoms with Crippen LogP contribution in [0.15, 0.2) is 35.7 Å². The molecule has 3 rings (SSSR count). The van der Waals surface area contributed by atoms with Gasteiger partial charge in [-0.1, -0.05) is 13.0 Å². The first-order chi connectivity index (χ1) is 10.9. The number of imidazole rings is 1. The Bertz CT molecular complexity index is 819. The Labute approximate surface area is 134 Å². The van der Waals surface area contributed by atoms with Gasteiger partial charge < -0.3 is 9.30 Å². The van der Waals surface area contributed by atoms with E-state index in [1.165, 1.54) is 24.7 Å². The van der Waals surface area contributed by atoms with E-state index in [0.717, 1.165) is 10.7 Å². The van der Waals surface area contributed by atoms with Gasteiger partial charge in [0.25, 0.3) is 10.0 Å². The maximum atomic E-state index is 14.1. The summed E-state index contributed by atoms with van der Waals surface area (Å²) in [5.41, 5.74) is -0.0585. The van der Waals surface area contributed by atoms with Gasteiger partial charge in [0.2, 0.25) is 0 Å². The maximum Gasteiger partial charge on any atom is 0.283 e. The summed E-state index contributed by atoms with van der Waals surface area (Å²) < 4.78 is 48.0. The molecule has 124 valence electrons. The first-order valence-corrected chi connectivity index (χ1v) is 8.86. The quantitative estimate of drug-likeness (QED) is 0.859. The molecule has 0 bridgehead atoms. The summed E-state index contributed by atoms with van der Waals surface area (Å²) in [6.45, 7) is 4.20. The highest BCUT2D eigenvalue weighted by Gasteiger charge is 2.34. The minimum Gasteiger partial charge on any atom is -0.489 e. The van der Waals surface area contributed by atoms with Gasteiger partial charge in [-0.2, -0.15) is 8.42 Å². The Morgan fingerprint density at radius 2 is 2.22 bits per heavy atom. The summed E-state index contributed by atoms with van der Waals surface area (Å²) in [4.78, 5) is 4.00. The molecule has 0 spiro atoms. The number of nitrogens with zero attached hydrogens (tertiary/aromatic N) is 3. The van der Waals surface area contributed by atoms with Crippen molar-refractivity contribution in [3.05, 3.63) is 36.5 Å². The molecule has 0 N–H and O–H groups in total. The van der Waals surface area contributed by atoms with Crippen LogP contribution in [0.3, 0.4) is 0 Å². The van der Waals surface area contributed by atoms with E-state index in [4.69, 9.17) is 4.74 Å². The summed E-state index contributed by atoms with van der Waals surface area (Å²) in [5.74, 6) is -0.409. The molecule has 23 heavy (non-hydrogen) atoms. The van der Waals surface area contributed by atoms with Gasteiger partial charge in [0.15, 0.2) is 10.8 Å². The zero-order valence-corrected chi connectivity index (χ0v) is 13.8. The molecule has 0 saturated heterocycles. The lowest BCUT2D eigenvalue weighted by atomic mass is 10.2. The molecule has 1 atom stereocenters. The first kappa shape index (κ1) is 15.8. The van der Waals surface area contributed by atoms with Crippen molar-refractivity contribution in [3.63, 3.8) is 0 Å². The Morgan fingerprint density at radius 1 is 1.43 bits per heavy atom. The second kappa shape index (κ2) is 5.84. The Morgan fingerprint density at radius 3 is 2.96 bits per heavy atom. The van der Waals surface area contributed by atoms with E-state index < -0.39 is 15.8 Å².